The van der Waals surface area contributed by atoms with Crippen molar-refractivity contribution in [3.05, 3.63) is 47.0 Å². The Labute approximate surface area is 228 Å². The van der Waals surface area contributed by atoms with Crippen molar-refractivity contribution < 1.29 is 18.7 Å². The van der Waals surface area contributed by atoms with E-state index in [9.17, 15) is 14.0 Å². The summed E-state index contributed by atoms with van der Waals surface area (Å²) >= 11 is 0. The summed E-state index contributed by atoms with van der Waals surface area (Å²) < 4.78 is 20.9. The van der Waals surface area contributed by atoms with Gasteiger partial charge in [0.15, 0.2) is 5.65 Å². The summed E-state index contributed by atoms with van der Waals surface area (Å²) in [6.07, 6.45) is 5.25. The van der Waals surface area contributed by atoms with Gasteiger partial charge in [0.25, 0.3) is 0 Å². The van der Waals surface area contributed by atoms with E-state index in [4.69, 9.17) is 17.6 Å². The van der Waals surface area contributed by atoms with Gasteiger partial charge in [-0.3, -0.25) is 9.59 Å². The minimum Gasteiger partial charge on any atom is -0.381 e. The molecule has 1 saturated carbocycles. The molecule has 2 fully saturated rings. The van der Waals surface area contributed by atoms with Crippen LogP contribution in [0.1, 0.15) is 56.4 Å². The lowest BCUT2D eigenvalue weighted by Crippen LogP contribution is -2.43. The standard InChI is InChI=1S/C28H34BFN6O3/c1-3-23-19(24(34-18-7-11-39-12-8-18)20-16-33-36(4-2)25(20)35-23)15-32-27(38)28(9-10-28)26(37)31-14-17-5-6-22(30)21(29)13-17/h5-6,13,16,18H,3-4,7-12,14-15H2,1-2H3,(H,31,37)(H,32,38)(H,34,35). The van der Waals surface area contributed by atoms with E-state index in [1.165, 1.54) is 12.1 Å². The summed E-state index contributed by atoms with van der Waals surface area (Å²) in [5, 5.41) is 15.0. The number of hydrogen-bond donors (Lipinski definition) is 3. The Bertz CT molecular complexity index is 1380. The Balaban J connectivity index is 1.34. The van der Waals surface area contributed by atoms with Crippen molar-refractivity contribution in [1.82, 2.24) is 25.4 Å². The molecule has 1 aliphatic carbocycles. The lowest BCUT2D eigenvalue weighted by atomic mass is 9.93. The number of rotatable bonds is 10. The number of anilines is 1. The molecule has 0 unspecified atom stereocenters. The smallest absolute Gasteiger partial charge is 0.235 e. The molecule has 9 nitrogen and oxygen atoms in total. The van der Waals surface area contributed by atoms with Crippen LogP contribution in [-0.4, -0.2) is 53.7 Å². The second kappa shape index (κ2) is 11.3. The molecule has 1 aromatic carbocycles. The van der Waals surface area contributed by atoms with Crippen molar-refractivity contribution >= 4 is 41.8 Å². The normalized spacial score (nSPS) is 16.7. The molecule has 39 heavy (non-hydrogen) atoms. The second-order valence-corrected chi connectivity index (χ2v) is 10.3. The Morgan fingerprint density at radius 3 is 2.51 bits per heavy atom. The molecular weight excluding hydrogens is 498 g/mol. The number of benzene rings is 1. The Hall–Kier alpha value is -3.47. The van der Waals surface area contributed by atoms with Crippen molar-refractivity contribution in [2.24, 2.45) is 5.41 Å². The first kappa shape index (κ1) is 27.1. The number of hydrogen-bond acceptors (Lipinski definition) is 6. The molecule has 0 bridgehead atoms. The molecule has 3 N–H and O–H groups in total. The van der Waals surface area contributed by atoms with E-state index in [0.717, 1.165) is 40.8 Å². The van der Waals surface area contributed by atoms with E-state index in [-0.39, 0.29) is 36.4 Å². The molecule has 5 rings (SSSR count). The number of nitrogens with zero attached hydrogens (tertiary/aromatic N) is 3. The monoisotopic (exact) mass is 532 g/mol. The highest BCUT2D eigenvalue weighted by Gasteiger charge is 2.56. The maximum Gasteiger partial charge on any atom is 0.235 e. The van der Waals surface area contributed by atoms with Crippen LogP contribution in [-0.2, 0) is 40.4 Å². The molecule has 2 radical (unpaired) electrons. The van der Waals surface area contributed by atoms with Gasteiger partial charge < -0.3 is 20.7 Å². The third-order valence-corrected chi connectivity index (χ3v) is 7.73. The van der Waals surface area contributed by atoms with Gasteiger partial charge in [0.1, 0.15) is 19.1 Å². The van der Waals surface area contributed by atoms with Crippen LogP contribution >= 0.6 is 0 Å². The van der Waals surface area contributed by atoms with Gasteiger partial charge in [0.05, 0.1) is 17.3 Å². The van der Waals surface area contributed by atoms with Crippen LogP contribution < -0.4 is 21.4 Å². The first-order chi connectivity index (χ1) is 18.9. The van der Waals surface area contributed by atoms with Crippen molar-refractivity contribution in [2.45, 2.75) is 71.6 Å². The van der Waals surface area contributed by atoms with E-state index in [1.807, 2.05) is 24.7 Å². The third kappa shape index (κ3) is 5.50. The number of pyridine rings is 1. The van der Waals surface area contributed by atoms with Gasteiger partial charge in [0, 0.05) is 50.1 Å². The number of amides is 2. The summed E-state index contributed by atoms with van der Waals surface area (Å²) in [6.45, 7) is 6.60. The Morgan fingerprint density at radius 1 is 1.15 bits per heavy atom. The lowest BCUT2D eigenvalue weighted by molar-refractivity contribution is -0.137. The average Bonchev–Trinajstić information content (AvgIpc) is 3.67. The van der Waals surface area contributed by atoms with Crippen LogP contribution in [0.15, 0.2) is 24.4 Å². The molecule has 0 spiro atoms. The number of nitrogens with one attached hydrogen (secondary N) is 3. The fourth-order valence-electron chi connectivity index (χ4n) is 5.18. The van der Waals surface area contributed by atoms with Crippen molar-refractivity contribution in [3.8, 4) is 0 Å². The second-order valence-electron chi connectivity index (χ2n) is 10.3. The molecule has 204 valence electrons. The summed E-state index contributed by atoms with van der Waals surface area (Å²) in [6, 6.07) is 4.56. The molecule has 11 heteroatoms. The number of fused-ring (bicyclic) bond motifs is 1. The number of ether oxygens (including phenoxy) is 1. The van der Waals surface area contributed by atoms with Gasteiger partial charge in [0.2, 0.25) is 11.8 Å². The SMILES string of the molecule is [B]c1cc(CNC(=O)C2(C(=O)NCc3c(CC)nc4c(cnn4CC)c3NC3CCOCC3)CC2)ccc1F. The van der Waals surface area contributed by atoms with E-state index in [2.05, 4.69) is 21.0 Å². The van der Waals surface area contributed by atoms with Crippen molar-refractivity contribution in [2.75, 3.05) is 18.5 Å². The number of aromatic nitrogens is 3. The quantitative estimate of drug-likeness (QED) is 0.273. The fourth-order valence-corrected chi connectivity index (χ4v) is 5.18. The molecule has 3 aromatic rings. The van der Waals surface area contributed by atoms with Crippen LogP contribution in [0.4, 0.5) is 10.1 Å². The van der Waals surface area contributed by atoms with Crippen LogP contribution in [0.2, 0.25) is 0 Å². The first-order valence-electron chi connectivity index (χ1n) is 13.7. The van der Waals surface area contributed by atoms with E-state index in [1.54, 1.807) is 6.07 Å². The van der Waals surface area contributed by atoms with Gasteiger partial charge in [-0.2, -0.15) is 5.10 Å². The highest BCUT2D eigenvalue weighted by Crippen LogP contribution is 2.46. The number of aryl methyl sites for hydroxylation is 2. The maximum absolute atomic E-state index is 13.5. The van der Waals surface area contributed by atoms with Gasteiger partial charge in [-0.05, 0) is 50.7 Å². The zero-order valence-electron chi connectivity index (χ0n) is 22.5. The molecular formula is C28H34BFN6O3. The minimum atomic E-state index is -1.10. The van der Waals surface area contributed by atoms with Crippen molar-refractivity contribution in [1.29, 1.82) is 0 Å². The molecule has 1 aliphatic heterocycles. The lowest BCUT2D eigenvalue weighted by Gasteiger charge is -2.27. The molecule has 2 amide bonds. The summed E-state index contributed by atoms with van der Waals surface area (Å²) in [5.74, 6) is -1.14. The van der Waals surface area contributed by atoms with Gasteiger partial charge >= 0.3 is 0 Å². The molecule has 3 heterocycles. The van der Waals surface area contributed by atoms with Gasteiger partial charge in [-0.1, -0.05) is 24.5 Å². The Kier molecular flexibility index (Phi) is 7.88. The predicted octanol–water partition coefficient (Wildman–Crippen LogP) is 2.25. The van der Waals surface area contributed by atoms with Gasteiger partial charge in [-0.25, -0.2) is 14.1 Å². The highest BCUT2D eigenvalue weighted by atomic mass is 19.1. The summed E-state index contributed by atoms with van der Waals surface area (Å²) in [7, 11) is 5.63. The molecule has 1 saturated heterocycles. The van der Waals surface area contributed by atoms with Crippen molar-refractivity contribution in [3.63, 3.8) is 0 Å². The van der Waals surface area contributed by atoms with Crippen LogP contribution in [0.5, 0.6) is 0 Å². The van der Waals surface area contributed by atoms with E-state index >= 15 is 0 Å². The molecule has 0 atom stereocenters. The molecule has 2 aromatic heterocycles. The molecule has 2 aliphatic rings. The fraction of sp³-hybridized carbons (Fsp3) is 0.500. The maximum atomic E-state index is 13.5. The Morgan fingerprint density at radius 2 is 1.87 bits per heavy atom. The highest BCUT2D eigenvalue weighted by molar-refractivity contribution is 6.32. The largest absolute Gasteiger partial charge is 0.381 e. The van der Waals surface area contributed by atoms with E-state index in [0.29, 0.717) is 44.6 Å². The summed E-state index contributed by atoms with van der Waals surface area (Å²) in [4.78, 5) is 31.3. The predicted molar refractivity (Wildman–Crippen MR) is 147 cm³/mol. The zero-order valence-corrected chi connectivity index (χ0v) is 22.5. The number of carbonyl (C=O) groups is 2. The number of halogens is 1. The van der Waals surface area contributed by atoms with E-state index < -0.39 is 11.2 Å². The average molecular weight is 532 g/mol. The van der Waals surface area contributed by atoms with Crippen LogP contribution in [0.3, 0.4) is 0 Å². The van der Waals surface area contributed by atoms with Crippen LogP contribution in [0, 0.1) is 11.2 Å². The van der Waals surface area contributed by atoms with Crippen LogP contribution in [0.25, 0.3) is 11.0 Å². The summed E-state index contributed by atoms with van der Waals surface area (Å²) in [5.41, 5.74) is 3.14. The number of carbonyl (C=O) groups excluding carboxylic acids is 2. The van der Waals surface area contributed by atoms with Gasteiger partial charge in [-0.15, -0.1) is 0 Å². The first-order valence-corrected chi connectivity index (χ1v) is 13.7. The topological polar surface area (TPSA) is 110 Å². The minimum absolute atomic E-state index is 0.0209. The third-order valence-electron chi connectivity index (χ3n) is 7.73. The zero-order chi connectivity index (χ0) is 27.6.